The number of nitrogens with one attached hydrogen (secondary N) is 1. The van der Waals surface area contributed by atoms with Crippen molar-refractivity contribution in [3.8, 4) is 0 Å². The maximum atomic E-state index is 13.4. The number of pyridine rings is 1. The number of carbonyl (C=O) groups is 2. The fraction of sp³-hybridized carbons (Fsp3) is 0.560. The Morgan fingerprint density at radius 1 is 1.21 bits per heavy atom. The first-order valence-electron chi connectivity index (χ1n) is 12.5. The Bertz CT molecular complexity index is 1250. The Morgan fingerprint density at radius 3 is 2.55 bits per heavy atom. The monoisotopic (exact) mass is 536 g/mol. The van der Waals surface area contributed by atoms with Crippen molar-refractivity contribution in [3.63, 3.8) is 0 Å². The lowest BCUT2D eigenvalue weighted by atomic mass is 9.85. The number of aliphatic carboxylic acids is 1. The number of urea groups is 1. The van der Waals surface area contributed by atoms with Crippen molar-refractivity contribution in [2.75, 3.05) is 19.6 Å². The first-order valence-corrected chi connectivity index (χ1v) is 12.5. The number of hydrogen-bond donors (Lipinski definition) is 2. The number of carboxylic acid groups (broad SMARTS) is 1. The largest absolute Gasteiger partial charge is 0.490 e. The SMILES string of the molecule is CC(C)NC(=O)N1CCC2(CCn3c2nc2c(c3=O)CN(Cc3cccnc3)CC2)C1.O=C(O)C(F)(F)F. The second kappa shape index (κ2) is 10.7. The Balaban J connectivity index is 0.000000426. The van der Waals surface area contributed by atoms with Crippen LogP contribution in [0.5, 0.6) is 0 Å². The molecule has 3 aliphatic heterocycles. The molecule has 0 aromatic carbocycles. The van der Waals surface area contributed by atoms with Crippen molar-refractivity contribution in [1.29, 1.82) is 0 Å². The van der Waals surface area contributed by atoms with Gasteiger partial charge in [-0.05, 0) is 38.3 Å². The van der Waals surface area contributed by atoms with Crippen LogP contribution in [-0.4, -0.2) is 73.3 Å². The Labute approximate surface area is 217 Å². The number of likely N-dealkylation sites (tertiary alicyclic amines) is 1. The number of alkyl halides is 3. The van der Waals surface area contributed by atoms with Gasteiger partial charge in [-0.15, -0.1) is 0 Å². The third kappa shape index (κ3) is 5.82. The molecule has 3 aliphatic rings. The fourth-order valence-electron chi connectivity index (χ4n) is 5.28. The Hall–Kier alpha value is -3.48. The number of hydrogen-bond acceptors (Lipinski definition) is 6. The number of rotatable bonds is 3. The molecule has 13 heteroatoms. The van der Waals surface area contributed by atoms with E-state index in [0.717, 1.165) is 55.0 Å². The van der Waals surface area contributed by atoms with E-state index in [-0.39, 0.29) is 23.0 Å². The minimum Gasteiger partial charge on any atom is -0.475 e. The molecule has 5 rings (SSSR count). The molecule has 2 aromatic rings. The van der Waals surface area contributed by atoms with Gasteiger partial charge in [-0.3, -0.25) is 19.2 Å². The molecule has 1 fully saturated rings. The summed E-state index contributed by atoms with van der Waals surface area (Å²) in [7, 11) is 0. The molecule has 5 heterocycles. The van der Waals surface area contributed by atoms with Crippen molar-refractivity contribution in [1.82, 2.24) is 29.7 Å². The van der Waals surface area contributed by atoms with Gasteiger partial charge < -0.3 is 15.3 Å². The molecule has 1 saturated heterocycles. The van der Waals surface area contributed by atoms with E-state index in [0.29, 0.717) is 26.2 Å². The molecule has 10 nitrogen and oxygen atoms in total. The maximum Gasteiger partial charge on any atom is 0.490 e. The fourth-order valence-corrected chi connectivity index (χ4v) is 5.28. The second-order valence-corrected chi connectivity index (χ2v) is 10.2. The first-order chi connectivity index (χ1) is 17.9. The average Bonchev–Trinajstić information content (AvgIpc) is 3.45. The average molecular weight is 537 g/mol. The normalized spacial score (nSPS) is 20.6. The number of nitrogens with zero attached hydrogens (tertiary/aromatic N) is 5. The van der Waals surface area contributed by atoms with Crippen LogP contribution in [0.3, 0.4) is 0 Å². The van der Waals surface area contributed by atoms with E-state index in [4.69, 9.17) is 14.9 Å². The van der Waals surface area contributed by atoms with E-state index in [9.17, 15) is 22.8 Å². The summed E-state index contributed by atoms with van der Waals surface area (Å²) in [5.41, 5.74) is 2.87. The number of halogens is 3. The summed E-state index contributed by atoms with van der Waals surface area (Å²) in [4.78, 5) is 48.2. The highest BCUT2D eigenvalue weighted by Crippen LogP contribution is 2.41. The van der Waals surface area contributed by atoms with Gasteiger partial charge in [0, 0.05) is 69.5 Å². The van der Waals surface area contributed by atoms with Crippen molar-refractivity contribution in [3.05, 3.63) is 57.5 Å². The van der Waals surface area contributed by atoms with Crippen LogP contribution >= 0.6 is 0 Å². The molecule has 2 amide bonds. The quantitative estimate of drug-likeness (QED) is 0.618. The van der Waals surface area contributed by atoms with Crippen LogP contribution in [0.25, 0.3) is 0 Å². The molecule has 0 bridgehead atoms. The third-order valence-electron chi connectivity index (χ3n) is 7.11. The van der Waals surface area contributed by atoms with Crippen LogP contribution in [-0.2, 0) is 36.3 Å². The molecule has 0 saturated carbocycles. The number of amides is 2. The Morgan fingerprint density at radius 2 is 1.92 bits per heavy atom. The van der Waals surface area contributed by atoms with Gasteiger partial charge in [-0.25, -0.2) is 14.6 Å². The lowest BCUT2D eigenvalue weighted by molar-refractivity contribution is -0.192. The van der Waals surface area contributed by atoms with Crippen LogP contribution in [0.1, 0.15) is 49.3 Å². The van der Waals surface area contributed by atoms with Crippen LogP contribution in [0.15, 0.2) is 29.3 Å². The number of aromatic nitrogens is 3. The summed E-state index contributed by atoms with van der Waals surface area (Å²) in [5.74, 6) is -1.86. The smallest absolute Gasteiger partial charge is 0.475 e. The minimum absolute atomic E-state index is 0.0170. The van der Waals surface area contributed by atoms with Crippen molar-refractivity contribution in [2.24, 2.45) is 0 Å². The molecule has 38 heavy (non-hydrogen) atoms. The zero-order valence-electron chi connectivity index (χ0n) is 21.3. The van der Waals surface area contributed by atoms with Crippen molar-refractivity contribution >= 4 is 12.0 Å². The number of carboxylic acids is 1. The summed E-state index contributed by atoms with van der Waals surface area (Å²) in [6, 6.07) is 4.11. The molecule has 1 atom stereocenters. The summed E-state index contributed by atoms with van der Waals surface area (Å²) < 4.78 is 33.6. The first kappa shape index (κ1) is 27.6. The van der Waals surface area contributed by atoms with Gasteiger partial charge in [0.1, 0.15) is 5.82 Å². The lowest BCUT2D eigenvalue weighted by Gasteiger charge is -2.29. The summed E-state index contributed by atoms with van der Waals surface area (Å²) >= 11 is 0. The highest BCUT2D eigenvalue weighted by molar-refractivity contribution is 5.75. The van der Waals surface area contributed by atoms with E-state index < -0.39 is 12.1 Å². The van der Waals surface area contributed by atoms with Crippen LogP contribution < -0.4 is 10.9 Å². The molecule has 0 radical (unpaired) electrons. The zero-order chi connectivity index (χ0) is 27.7. The van der Waals surface area contributed by atoms with E-state index in [2.05, 4.69) is 21.3 Å². The zero-order valence-corrected chi connectivity index (χ0v) is 21.3. The van der Waals surface area contributed by atoms with Crippen molar-refractivity contribution < 1.29 is 27.9 Å². The van der Waals surface area contributed by atoms with Gasteiger partial charge in [0.25, 0.3) is 5.56 Å². The molecule has 1 spiro atoms. The molecule has 0 aliphatic carbocycles. The van der Waals surface area contributed by atoms with Gasteiger partial charge in [0.2, 0.25) is 0 Å². The van der Waals surface area contributed by atoms with Crippen molar-refractivity contribution in [2.45, 2.75) is 70.4 Å². The predicted octanol–water partition coefficient (Wildman–Crippen LogP) is 2.30. The van der Waals surface area contributed by atoms with Gasteiger partial charge in [-0.2, -0.15) is 13.2 Å². The Kier molecular flexibility index (Phi) is 7.77. The second-order valence-electron chi connectivity index (χ2n) is 10.2. The highest BCUT2D eigenvalue weighted by Gasteiger charge is 2.48. The van der Waals surface area contributed by atoms with Gasteiger partial charge in [0.05, 0.1) is 11.3 Å². The van der Waals surface area contributed by atoms with E-state index in [1.54, 1.807) is 6.20 Å². The molecular formula is C25H31F3N6O4. The maximum absolute atomic E-state index is 13.4. The summed E-state index contributed by atoms with van der Waals surface area (Å²) in [6.45, 7) is 8.29. The minimum atomic E-state index is -5.08. The van der Waals surface area contributed by atoms with E-state index in [1.807, 2.05) is 35.6 Å². The van der Waals surface area contributed by atoms with Crippen LogP contribution in [0.4, 0.5) is 18.0 Å². The molecule has 2 N–H and O–H groups in total. The molecule has 206 valence electrons. The van der Waals surface area contributed by atoms with E-state index >= 15 is 0 Å². The molecular weight excluding hydrogens is 505 g/mol. The van der Waals surface area contributed by atoms with Gasteiger partial charge >= 0.3 is 18.2 Å². The molecule has 1 unspecified atom stereocenters. The topological polar surface area (TPSA) is 121 Å². The summed E-state index contributed by atoms with van der Waals surface area (Å²) in [5, 5.41) is 10.1. The number of fused-ring (bicyclic) bond motifs is 3. The number of carbonyl (C=O) groups excluding carboxylic acids is 1. The third-order valence-corrected chi connectivity index (χ3v) is 7.11. The lowest BCUT2D eigenvalue weighted by Crippen LogP contribution is -2.43. The summed E-state index contributed by atoms with van der Waals surface area (Å²) in [6.07, 6.45) is 1.11. The molecule has 2 aromatic heterocycles. The standard InChI is InChI=1S/C23H30N6O2.C2HF3O2/c1-16(2)25-22(31)28-10-6-23(15-28)7-11-29-20(30)18-14-27(9-5-19(18)26-21(23)29)13-17-4-3-8-24-12-17;3-2(4,5)1(6)7/h3-4,8,12,16H,5-7,9-11,13-15H2,1-2H3,(H,25,31);(H,6,7). The van der Waals surface area contributed by atoms with Crippen LogP contribution in [0.2, 0.25) is 0 Å². The van der Waals surface area contributed by atoms with E-state index in [1.165, 1.54) is 0 Å². The highest BCUT2D eigenvalue weighted by atomic mass is 19.4. The van der Waals surface area contributed by atoms with Gasteiger partial charge in [-0.1, -0.05) is 6.07 Å². The van der Waals surface area contributed by atoms with Crippen LogP contribution in [0, 0.1) is 0 Å². The predicted molar refractivity (Wildman–Crippen MR) is 130 cm³/mol. The van der Waals surface area contributed by atoms with Gasteiger partial charge in [0.15, 0.2) is 0 Å².